The maximum atomic E-state index is 12.7. The Balaban J connectivity index is 1.15. The van der Waals surface area contributed by atoms with E-state index in [1.165, 1.54) is 45.2 Å². The molecule has 1 amide bonds. The van der Waals surface area contributed by atoms with Crippen LogP contribution in [0.1, 0.15) is 54.6 Å². The van der Waals surface area contributed by atoms with E-state index in [2.05, 4.69) is 15.1 Å². The Morgan fingerprint density at radius 2 is 1.66 bits per heavy atom. The van der Waals surface area contributed by atoms with E-state index >= 15 is 0 Å². The Bertz CT molecular complexity index is 865. The van der Waals surface area contributed by atoms with Crippen molar-refractivity contribution in [1.29, 1.82) is 0 Å². The van der Waals surface area contributed by atoms with Gasteiger partial charge in [0.2, 0.25) is 11.7 Å². The molecule has 0 bridgehead atoms. The van der Waals surface area contributed by atoms with Gasteiger partial charge in [-0.2, -0.15) is 0 Å². The molecule has 1 saturated carbocycles. The van der Waals surface area contributed by atoms with Crippen molar-refractivity contribution in [2.75, 3.05) is 39.3 Å². The van der Waals surface area contributed by atoms with E-state index in [1.54, 1.807) is 29.0 Å². The summed E-state index contributed by atoms with van der Waals surface area (Å²) in [6.45, 7) is 6.51. The SMILES string of the molecule is O=C(Cn1cccc1C(=O)c1ccccc1)NCCCN1CCN(C2CCCCC2)CC1. The molecule has 0 spiro atoms. The molecule has 0 atom stereocenters. The molecule has 1 saturated heterocycles. The number of carbonyl (C=O) groups is 2. The van der Waals surface area contributed by atoms with Crippen LogP contribution >= 0.6 is 0 Å². The van der Waals surface area contributed by atoms with Crippen LogP contribution in [-0.4, -0.2) is 71.4 Å². The molecule has 4 rings (SSSR count). The minimum absolute atomic E-state index is 0.0505. The maximum absolute atomic E-state index is 12.7. The van der Waals surface area contributed by atoms with E-state index in [0.717, 1.165) is 32.1 Å². The molecule has 0 radical (unpaired) electrons. The Morgan fingerprint density at radius 3 is 2.41 bits per heavy atom. The van der Waals surface area contributed by atoms with E-state index in [9.17, 15) is 9.59 Å². The predicted molar refractivity (Wildman–Crippen MR) is 127 cm³/mol. The summed E-state index contributed by atoms with van der Waals surface area (Å²) in [5.74, 6) is -0.110. The molecule has 2 heterocycles. The first-order valence-corrected chi connectivity index (χ1v) is 12.2. The van der Waals surface area contributed by atoms with E-state index in [4.69, 9.17) is 0 Å². The summed E-state index contributed by atoms with van der Waals surface area (Å²) in [4.78, 5) is 30.4. The first-order chi connectivity index (χ1) is 15.7. The van der Waals surface area contributed by atoms with Gasteiger partial charge < -0.3 is 14.8 Å². The van der Waals surface area contributed by atoms with Crippen LogP contribution in [0.15, 0.2) is 48.7 Å². The van der Waals surface area contributed by atoms with Crippen molar-refractivity contribution in [3.63, 3.8) is 0 Å². The van der Waals surface area contributed by atoms with Crippen molar-refractivity contribution >= 4 is 11.7 Å². The van der Waals surface area contributed by atoms with Crippen molar-refractivity contribution in [3.05, 3.63) is 59.9 Å². The zero-order valence-corrected chi connectivity index (χ0v) is 19.0. The van der Waals surface area contributed by atoms with Crippen molar-refractivity contribution in [2.45, 2.75) is 51.1 Å². The fourth-order valence-electron chi connectivity index (χ4n) is 5.03. The van der Waals surface area contributed by atoms with Crippen molar-refractivity contribution in [1.82, 2.24) is 19.7 Å². The monoisotopic (exact) mass is 436 g/mol. The van der Waals surface area contributed by atoms with Crippen LogP contribution in [0.5, 0.6) is 0 Å². The average Bonchev–Trinajstić information content (AvgIpc) is 3.31. The minimum Gasteiger partial charge on any atom is -0.355 e. The normalized spacial score (nSPS) is 18.5. The fraction of sp³-hybridized carbons (Fsp3) is 0.538. The Labute approximate surface area is 191 Å². The first kappa shape index (κ1) is 22.7. The van der Waals surface area contributed by atoms with Crippen LogP contribution in [0.25, 0.3) is 0 Å². The molecule has 6 heteroatoms. The number of aromatic nitrogens is 1. The van der Waals surface area contributed by atoms with Gasteiger partial charge in [-0.3, -0.25) is 14.5 Å². The molecule has 1 aliphatic carbocycles. The molecule has 1 aromatic carbocycles. The van der Waals surface area contributed by atoms with Gasteiger partial charge in [0.05, 0.1) is 5.69 Å². The summed E-state index contributed by atoms with van der Waals surface area (Å²) in [6.07, 6.45) is 9.72. The Hall–Kier alpha value is -2.44. The third kappa shape index (κ3) is 6.08. The molecule has 1 aliphatic heterocycles. The minimum atomic E-state index is -0.0595. The Morgan fingerprint density at radius 1 is 0.906 bits per heavy atom. The molecule has 1 aromatic heterocycles. The van der Waals surface area contributed by atoms with Crippen molar-refractivity contribution in [2.24, 2.45) is 0 Å². The van der Waals surface area contributed by atoms with Gasteiger partial charge in [-0.25, -0.2) is 0 Å². The molecule has 172 valence electrons. The summed E-state index contributed by atoms with van der Waals surface area (Å²) in [6, 6.07) is 13.6. The zero-order valence-electron chi connectivity index (χ0n) is 19.0. The maximum Gasteiger partial charge on any atom is 0.239 e. The second kappa shape index (κ2) is 11.4. The smallest absolute Gasteiger partial charge is 0.239 e. The molecule has 32 heavy (non-hydrogen) atoms. The van der Waals surface area contributed by atoms with Gasteiger partial charge in [0, 0.05) is 50.5 Å². The van der Waals surface area contributed by atoms with Gasteiger partial charge in [0.25, 0.3) is 0 Å². The van der Waals surface area contributed by atoms with E-state index < -0.39 is 0 Å². The highest BCUT2D eigenvalue weighted by Gasteiger charge is 2.24. The van der Waals surface area contributed by atoms with Gasteiger partial charge in [0.15, 0.2) is 0 Å². The first-order valence-electron chi connectivity index (χ1n) is 12.2. The summed E-state index contributed by atoms with van der Waals surface area (Å²) in [5, 5.41) is 3.02. The summed E-state index contributed by atoms with van der Waals surface area (Å²) in [5.41, 5.74) is 1.18. The average molecular weight is 437 g/mol. The van der Waals surface area contributed by atoms with Crippen LogP contribution in [0.4, 0.5) is 0 Å². The van der Waals surface area contributed by atoms with Gasteiger partial charge >= 0.3 is 0 Å². The number of hydrogen-bond acceptors (Lipinski definition) is 4. The Kier molecular flexibility index (Phi) is 8.13. The van der Waals surface area contributed by atoms with Crippen LogP contribution in [0.2, 0.25) is 0 Å². The third-order valence-electron chi connectivity index (χ3n) is 6.88. The fourth-order valence-corrected chi connectivity index (χ4v) is 5.03. The van der Waals surface area contributed by atoms with E-state index in [0.29, 0.717) is 17.8 Å². The highest BCUT2D eigenvalue weighted by Crippen LogP contribution is 2.23. The molecule has 1 N–H and O–H groups in total. The number of nitrogens with one attached hydrogen (secondary N) is 1. The lowest BCUT2D eigenvalue weighted by molar-refractivity contribution is -0.121. The number of amides is 1. The van der Waals surface area contributed by atoms with E-state index in [1.807, 2.05) is 24.3 Å². The number of nitrogens with zero attached hydrogens (tertiary/aromatic N) is 3. The predicted octanol–water partition coefficient (Wildman–Crippen LogP) is 3.18. The summed E-state index contributed by atoms with van der Waals surface area (Å²) < 4.78 is 1.73. The van der Waals surface area contributed by atoms with Gasteiger partial charge in [0.1, 0.15) is 6.54 Å². The van der Waals surface area contributed by atoms with Crippen molar-refractivity contribution in [3.8, 4) is 0 Å². The molecular formula is C26H36N4O2. The third-order valence-corrected chi connectivity index (χ3v) is 6.88. The summed E-state index contributed by atoms with van der Waals surface area (Å²) in [7, 11) is 0. The number of hydrogen-bond donors (Lipinski definition) is 1. The highest BCUT2D eigenvalue weighted by atomic mass is 16.2. The topological polar surface area (TPSA) is 57.6 Å². The van der Waals surface area contributed by atoms with Gasteiger partial charge in [-0.15, -0.1) is 0 Å². The lowest BCUT2D eigenvalue weighted by Gasteiger charge is -2.40. The van der Waals surface area contributed by atoms with Crippen LogP contribution in [-0.2, 0) is 11.3 Å². The van der Waals surface area contributed by atoms with Crippen LogP contribution in [0.3, 0.4) is 0 Å². The number of benzene rings is 1. The number of piperazine rings is 1. The number of carbonyl (C=O) groups excluding carboxylic acids is 2. The number of rotatable bonds is 9. The van der Waals surface area contributed by atoms with Gasteiger partial charge in [-0.05, 0) is 37.9 Å². The molecule has 2 aromatic rings. The van der Waals surface area contributed by atoms with E-state index in [-0.39, 0.29) is 18.2 Å². The standard InChI is InChI=1S/C26H36N4O2/c31-25(21-30-16-7-13-24(30)26(32)22-9-3-1-4-10-22)27-14-8-15-28-17-19-29(20-18-28)23-11-5-2-6-12-23/h1,3-4,7,9-10,13,16,23H,2,5-6,8,11-12,14-15,17-21H2,(H,27,31). The lowest BCUT2D eigenvalue weighted by atomic mass is 9.94. The van der Waals surface area contributed by atoms with Crippen molar-refractivity contribution < 1.29 is 9.59 Å². The highest BCUT2D eigenvalue weighted by molar-refractivity contribution is 6.08. The second-order valence-corrected chi connectivity index (χ2v) is 9.09. The van der Waals surface area contributed by atoms with Gasteiger partial charge in [-0.1, -0.05) is 49.6 Å². The zero-order chi connectivity index (χ0) is 22.2. The molecule has 2 fully saturated rings. The molecular weight excluding hydrogens is 400 g/mol. The number of ketones is 1. The molecule has 2 aliphatic rings. The largest absolute Gasteiger partial charge is 0.355 e. The van der Waals surface area contributed by atoms with Crippen LogP contribution in [0, 0.1) is 0 Å². The quantitative estimate of drug-likeness (QED) is 0.485. The molecule has 0 unspecified atom stereocenters. The lowest BCUT2D eigenvalue weighted by Crippen LogP contribution is -2.51. The van der Waals surface area contributed by atoms with Crippen LogP contribution < -0.4 is 5.32 Å². The summed E-state index contributed by atoms with van der Waals surface area (Å²) >= 11 is 0. The molecule has 6 nitrogen and oxygen atoms in total. The second-order valence-electron chi connectivity index (χ2n) is 9.09.